The van der Waals surface area contributed by atoms with Crippen molar-refractivity contribution in [1.29, 1.82) is 0 Å². The van der Waals surface area contributed by atoms with Gasteiger partial charge >= 0.3 is 12.2 Å². The SMILES string of the molecule is CC(C)(C)OC(=O)n1cccc1-c1c2ccccc2c(-c2cccn2C(=O)OC(C)(C)C)c2ccccc12. The molecule has 2 aromatic heterocycles. The van der Waals surface area contributed by atoms with Gasteiger partial charge in [-0.25, -0.2) is 9.59 Å². The van der Waals surface area contributed by atoms with Gasteiger partial charge in [0.05, 0.1) is 11.4 Å². The van der Waals surface area contributed by atoms with Gasteiger partial charge in [0.15, 0.2) is 0 Å². The molecule has 38 heavy (non-hydrogen) atoms. The molecule has 0 radical (unpaired) electrons. The number of nitrogens with zero attached hydrogens (tertiary/aromatic N) is 2. The predicted molar refractivity (Wildman–Crippen MR) is 152 cm³/mol. The van der Waals surface area contributed by atoms with Gasteiger partial charge in [0.2, 0.25) is 0 Å². The van der Waals surface area contributed by atoms with Gasteiger partial charge < -0.3 is 9.47 Å². The van der Waals surface area contributed by atoms with Crippen LogP contribution in [0.5, 0.6) is 0 Å². The number of carbonyl (C=O) groups excluding carboxylic acids is 2. The highest BCUT2D eigenvalue weighted by atomic mass is 16.6. The first-order chi connectivity index (χ1) is 17.9. The highest BCUT2D eigenvalue weighted by Crippen LogP contribution is 2.44. The lowest BCUT2D eigenvalue weighted by atomic mass is 9.89. The minimum absolute atomic E-state index is 0.437. The summed E-state index contributed by atoms with van der Waals surface area (Å²) in [5, 5.41) is 3.84. The van der Waals surface area contributed by atoms with Crippen LogP contribution in [-0.2, 0) is 9.47 Å². The minimum Gasteiger partial charge on any atom is -0.443 e. The molecule has 6 nitrogen and oxygen atoms in total. The number of rotatable bonds is 2. The van der Waals surface area contributed by atoms with Crippen LogP contribution in [0.2, 0.25) is 0 Å². The van der Waals surface area contributed by atoms with E-state index in [1.54, 1.807) is 21.5 Å². The highest BCUT2D eigenvalue weighted by molar-refractivity contribution is 6.21. The zero-order chi connectivity index (χ0) is 27.2. The van der Waals surface area contributed by atoms with Crippen molar-refractivity contribution in [2.45, 2.75) is 52.7 Å². The molecule has 0 saturated carbocycles. The summed E-state index contributed by atoms with van der Waals surface area (Å²) in [5.41, 5.74) is 2.07. The van der Waals surface area contributed by atoms with Crippen LogP contribution in [0.15, 0.2) is 85.2 Å². The standard InChI is InChI=1S/C32H32N2O4/c1-31(2,3)37-29(35)33-19-11-17-25(33)27-21-13-7-9-15-23(21)28(24-16-10-8-14-22(24)27)26-18-12-20-34(26)30(36)38-32(4,5)6/h7-20H,1-6H3. The maximum atomic E-state index is 13.2. The Hall–Kier alpha value is -4.32. The zero-order valence-corrected chi connectivity index (χ0v) is 22.6. The fraction of sp³-hybridized carbons (Fsp3) is 0.250. The van der Waals surface area contributed by atoms with Crippen molar-refractivity contribution in [3.63, 3.8) is 0 Å². The third-order valence-corrected chi connectivity index (χ3v) is 6.12. The monoisotopic (exact) mass is 508 g/mol. The molecule has 0 spiro atoms. The van der Waals surface area contributed by atoms with Gasteiger partial charge in [-0.15, -0.1) is 0 Å². The molecule has 5 aromatic rings. The summed E-state index contributed by atoms with van der Waals surface area (Å²) in [5.74, 6) is 0. The summed E-state index contributed by atoms with van der Waals surface area (Å²) in [6, 6.07) is 23.7. The molecule has 0 unspecified atom stereocenters. The number of ether oxygens (including phenoxy) is 2. The van der Waals surface area contributed by atoms with Crippen molar-refractivity contribution in [2.24, 2.45) is 0 Å². The quantitative estimate of drug-likeness (QED) is 0.224. The summed E-state index contributed by atoms with van der Waals surface area (Å²) >= 11 is 0. The molecule has 2 heterocycles. The van der Waals surface area contributed by atoms with E-state index >= 15 is 0 Å². The van der Waals surface area contributed by atoms with Gasteiger partial charge in [0.25, 0.3) is 0 Å². The van der Waals surface area contributed by atoms with Crippen LogP contribution >= 0.6 is 0 Å². The zero-order valence-electron chi connectivity index (χ0n) is 22.6. The molecule has 0 N–H and O–H groups in total. The van der Waals surface area contributed by atoms with Gasteiger partial charge in [-0.2, -0.15) is 0 Å². The molecule has 0 bridgehead atoms. The smallest absolute Gasteiger partial charge is 0.418 e. The van der Waals surface area contributed by atoms with E-state index in [2.05, 4.69) is 0 Å². The first-order valence-electron chi connectivity index (χ1n) is 12.7. The first kappa shape index (κ1) is 25.3. The summed E-state index contributed by atoms with van der Waals surface area (Å²) in [6.45, 7) is 11.1. The fourth-order valence-electron chi connectivity index (χ4n) is 4.79. The first-order valence-corrected chi connectivity index (χ1v) is 12.7. The fourth-order valence-corrected chi connectivity index (χ4v) is 4.79. The van der Waals surface area contributed by atoms with Crippen molar-refractivity contribution in [2.75, 3.05) is 0 Å². The van der Waals surface area contributed by atoms with Crippen LogP contribution < -0.4 is 0 Å². The second kappa shape index (κ2) is 9.21. The average molecular weight is 509 g/mol. The normalized spacial score (nSPS) is 12.2. The third kappa shape index (κ3) is 4.70. The van der Waals surface area contributed by atoms with Crippen LogP contribution in [0.25, 0.3) is 44.1 Å². The molecule has 0 aliphatic carbocycles. The van der Waals surface area contributed by atoms with E-state index in [-0.39, 0.29) is 0 Å². The van der Waals surface area contributed by atoms with Gasteiger partial charge in [-0.05, 0) is 87.4 Å². The predicted octanol–water partition coefficient (Wildman–Crippen LogP) is 8.50. The third-order valence-electron chi connectivity index (χ3n) is 6.12. The van der Waals surface area contributed by atoms with E-state index in [0.717, 1.165) is 44.1 Å². The molecule has 0 saturated heterocycles. The maximum absolute atomic E-state index is 13.2. The molecular formula is C32H32N2O4. The van der Waals surface area contributed by atoms with E-state index < -0.39 is 23.4 Å². The summed E-state index contributed by atoms with van der Waals surface area (Å²) < 4.78 is 14.5. The van der Waals surface area contributed by atoms with Crippen LogP contribution in [0.4, 0.5) is 9.59 Å². The van der Waals surface area contributed by atoms with Crippen LogP contribution in [-0.4, -0.2) is 32.5 Å². The molecule has 0 amide bonds. The molecule has 6 heteroatoms. The van der Waals surface area contributed by atoms with Crippen LogP contribution in [0, 0.1) is 0 Å². The molecular weight excluding hydrogens is 476 g/mol. The summed E-state index contributed by atoms with van der Waals surface area (Å²) in [4.78, 5) is 26.3. The molecule has 3 aromatic carbocycles. The maximum Gasteiger partial charge on any atom is 0.418 e. The lowest BCUT2D eigenvalue weighted by molar-refractivity contribution is 0.0529. The van der Waals surface area contributed by atoms with Crippen molar-refractivity contribution in [3.8, 4) is 22.5 Å². The second-order valence-corrected chi connectivity index (χ2v) is 11.3. The summed E-state index contributed by atoms with van der Waals surface area (Å²) in [7, 11) is 0. The lowest BCUT2D eigenvalue weighted by Crippen LogP contribution is -2.27. The Morgan fingerprint density at radius 2 is 0.842 bits per heavy atom. The Labute approximate surface area is 222 Å². The Balaban J connectivity index is 1.80. The minimum atomic E-state index is -0.625. The summed E-state index contributed by atoms with van der Waals surface area (Å²) in [6.07, 6.45) is 2.59. The molecule has 0 aliphatic heterocycles. The molecule has 0 fully saturated rings. The second-order valence-electron chi connectivity index (χ2n) is 11.3. The van der Waals surface area contributed by atoms with Crippen molar-refractivity contribution in [3.05, 3.63) is 85.2 Å². The Bertz CT molecular complexity index is 1490. The van der Waals surface area contributed by atoms with Crippen molar-refractivity contribution >= 4 is 33.7 Å². The van der Waals surface area contributed by atoms with E-state index in [1.807, 2.05) is 114 Å². The Kier molecular flexibility index (Phi) is 6.14. The number of fused-ring (bicyclic) bond motifs is 2. The van der Waals surface area contributed by atoms with Gasteiger partial charge in [-0.1, -0.05) is 48.5 Å². The number of aromatic nitrogens is 2. The molecule has 5 rings (SSSR count). The lowest BCUT2D eigenvalue weighted by Gasteiger charge is -2.23. The molecule has 0 atom stereocenters. The van der Waals surface area contributed by atoms with Gasteiger partial charge in [0.1, 0.15) is 11.2 Å². The van der Waals surface area contributed by atoms with Gasteiger partial charge in [0, 0.05) is 23.5 Å². The van der Waals surface area contributed by atoms with Crippen LogP contribution in [0.3, 0.4) is 0 Å². The Morgan fingerprint density at radius 1 is 0.526 bits per heavy atom. The van der Waals surface area contributed by atoms with E-state index in [9.17, 15) is 9.59 Å². The number of hydrogen-bond donors (Lipinski definition) is 0. The number of hydrogen-bond acceptors (Lipinski definition) is 4. The molecule has 194 valence electrons. The van der Waals surface area contributed by atoms with Crippen molar-refractivity contribution in [1.82, 2.24) is 9.13 Å². The number of carbonyl (C=O) groups is 2. The topological polar surface area (TPSA) is 62.5 Å². The molecule has 0 aliphatic rings. The van der Waals surface area contributed by atoms with Gasteiger partial charge in [-0.3, -0.25) is 9.13 Å². The van der Waals surface area contributed by atoms with Crippen LogP contribution in [0.1, 0.15) is 41.5 Å². The largest absolute Gasteiger partial charge is 0.443 e. The average Bonchev–Trinajstić information content (AvgIpc) is 3.50. The number of benzene rings is 3. The highest BCUT2D eigenvalue weighted by Gasteiger charge is 2.25. The van der Waals surface area contributed by atoms with E-state index in [4.69, 9.17) is 9.47 Å². The van der Waals surface area contributed by atoms with E-state index in [1.165, 1.54) is 0 Å². The Morgan fingerprint density at radius 3 is 1.13 bits per heavy atom. The van der Waals surface area contributed by atoms with Crippen molar-refractivity contribution < 1.29 is 19.1 Å². The van der Waals surface area contributed by atoms with E-state index in [0.29, 0.717) is 0 Å².